The molecule has 4 heteroatoms. The number of benzene rings is 1. The molecule has 1 aliphatic carbocycles. The molecular weight excluding hydrogens is 194 g/mol. The van der Waals surface area contributed by atoms with Gasteiger partial charge in [0.2, 0.25) is 5.91 Å². The average Bonchev–Trinajstić information content (AvgIpc) is 2.59. The van der Waals surface area contributed by atoms with E-state index >= 15 is 0 Å². The van der Waals surface area contributed by atoms with Gasteiger partial charge in [0.15, 0.2) is 0 Å². The molecule has 3 N–H and O–H groups in total. The van der Waals surface area contributed by atoms with Crippen molar-refractivity contribution in [2.75, 3.05) is 0 Å². The topological polar surface area (TPSA) is 80.4 Å². The number of hydrogen-bond acceptors (Lipinski definition) is 2. The van der Waals surface area contributed by atoms with Crippen LogP contribution in [0.4, 0.5) is 0 Å². The van der Waals surface area contributed by atoms with E-state index < -0.39 is 5.97 Å². The van der Waals surface area contributed by atoms with E-state index in [0.717, 1.165) is 17.5 Å². The highest BCUT2D eigenvalue weighted by Crippen LogP contribution is 2.33. The van der Waals surface area contributed by atoms with Crippen LogP contribution in [0, 0.1) is 0 Å². The summed E-state index contributed by atoms with van der Waals surface area (Å²) in [4.78, 5) is 21.8. The number of hydrogen-bond donors (Lipinski definition) is 2. The van der Waals surface area contributed by atoms with Crippen molar-refractivity contribution in [2.45, 2.75) is 18.8 Å². The van der Waals surface area contributed by atoms with Crippen molar-refractivity contribution in [3.8, 4) is 0 Å². The van der Waals surface area contributed by atoms with Crippen molar-refractivity contribution in [3.05, 3.63) is 34.9 Å². The summed E-state index contributed by atoms with van der Waals surface area (Å²) < 4.78 is 0. The van der Waals surface area contributed by atoms with E-state index in [1.165, 1.54) is 6.07 Å². The molecule has 0 fully saturated rings. The van der Waals surface area contributed by atoms with E-state index in [1.807, 2.05) is 0 Å². The lowest BCUT2D eigenvalue weighted by molar-refractivity contribution is -0.119. The van der Waals surface area contributed by atoms with E-state index in [0.29, 0.717) is 6.42 Å². The smallest absolute Gasteiger partial charge is 0.335 e. The molecule has 4 nitrogen and oxygen atoms in total. The molecule has 0 aliphatic heterocycles. The second kappa shape index (κ2) is 3.38. The molecule has 78 valence electrons. The number of carbonyl (C=O) groups excluding carboxylic acids is 1. The third-order valence-corrected chi connectivity index (χ3v) is 2.81. The minimum Gasteiger partial charge on any atom is -0.478 e. The van der Waals surface area contributed by atoms with E-state index in [-0.39, 0.29) is 17.4 Å². The molecule has 2 rings (SSSR count). The number of aryl methyl sites for hydroxylation is 1. The number of fused-ring (bicyclic) bond motifs is 1. The number of aromatic carboxylic acids is 1. The van der Waals surface area contributed by atoms with Crippen LogP contribution in [-0.4, -0.2) is 17.0 Å². The van der Waals surface area contributed by atoms with Gasteiger partial charge in [-0.2, -0.15) is 0 Å². The summed E-state index contributed by atoms with van der Waals surface area (Å²) >= 11 is 0. The lowest BCUT2D eigenvalue weighted by Crippen LogP contribution is -2.19. The molecule has 15 heavy (non-hydrogen) atoms. The first-order valence-electron chi connectivity index (χ1n) is 4.75. The van der Waals surface area contributed by atoms with Crippen LogP contribution in [-0.2, 0) is 11.2 Å². The highest BCUT2D eigenvalue weighted by atomic mass is 16.4. The van der Waals surface area contributed by atoms with Crippen LogP contribution in [0.3, 0.4) is 0 Å². The van der Waals surface area contributed by atoms with E-state index in [2.05, 4.69) is 0 Å². The molecule has 0 bridgehead atoms. The van der Waals surface area contributed by atoms with E-state index in [4.69, 9.17) is 10.8 Å². The van der Waals surface area contributed by atoms with E-state index in [9.17, 15) is 9.59 Å². The maximum Gasteiger partial charge on any atom is 0.335 e. The summed E-state index contributed by atoms with van der Waals surface area (Å²) in [5.41, 5.74) is 7.33. The Balaban J connectivity index is 2.42. The minimum atomic E-state index is -0.944. The molecular formula is C11H11NO3. The van der Waals surface area contributed by atoms with Crippen LogP contribution in [0.1, 0.15) is 33.8 Å². The van der Waals surface area contributed by atoms with E-state index in [1.54, 1.807) is 12.1 Å². The number of carbonyl (C=O) groups is 2. The van der Waals surface area contributed by atoms with Crippen molar-refractivity contribution in [1.29, 1.82) is 0 Å². The Morgan fingerprint density at radius 1 is 1.40 bits per heavy atom. The Hall–Kier alpha value is -1.84. The summed E-state index contributed by atoms with van der Waals surface area (Å²) in [5, 5.41) is 8.80. The average molecular weight is 205 g/mol. The summed E-state index contributed by atoms with van der Waals surface area (Å²) in [5.74, 6) is -1.53. The zero-order valence-corrected chi connectivity index (χ0v) is 8.06. The maximum atomic E-state index is 11.1. The molecule has 1 aromatic carbocycles. The summed E-state index contributed by atoms with van der Waals surface area (Å²) in [6.07, 6.45) is 1.41. The highest BCUT2D eigenvalue weighted by molar-refractivity contribution is 5.89. The van der Waals surface area contributed by atoms with Gasteiger partial charge in [-0.3, -0.25) is 4.79 Å². The number of amides is 1. The number of primary amides is 1. The first-order chi connectivity index (χ1) is 7.09. The second-order valence-corrected chi connectivity index (χ2v) is 3.71. The van der Waals surface area contributed by atoms with Gasteiger partial charge in [-0.15, -0.1) is 0 Å². The molecule has 0 heterocycles. The normalized spacial score (nSPS) is 18.5. The van der Waals surface area contributed by atoms with Crippen molar-refractivity contribution in [2.24, 2.45) is 5.73 Å². The Morgan fingerprint density at radius 2 is 2.13 bits per heavy atom. The fraction of sp³-hybridized carbons (Fsp3) is 0.273. The number of carboxylic acids is 1. The minimum absolute atomic E-state index is 0.247. The van der Waals surface area contributed by atoms with Crippen LogP contribution in [0.25, 0.3) is 0 Å². The number of rotatable bonds is 2. The molecule has 1 aromatic rings. The van der Waals surface area contributed by atoms with Gasteiger partial charge in [0, 0.05) is 0 Å². The molecule has 1 amide bonds. The van der Waals surface area contributed by atoms with Crippen LogP contribution in [0.2, 0.25) is 0 Å². The Bertz CT molecular complexity index is 439. The van der Waals surface area contributed by atoms with Crippen molar-refractivity contribution >= 4 is 11.9 Å². The maximum absolute atomic E-state index is 11.1. The zero-order valence-electron chi connectivity index (χ0n) is 8.06. The van der Waals surface area contributed by atoms with Crippen molar-refractivity contribution in [3.63, 3.8) is 0 Å². The van der Waals surface area contributed by atoms with Gasteiger partial charge in [-0.25, -0.2) is 4.79 Å². The summed E-state index contributed by atoms with van der Waals surface area (Å²) in [7, 11) is 0. The first kappa shape index (κ1) is 9.71. The highest BCUT2D eigenvalue weighted by Gasteiger charge is 2.27. The quantitative estimate of drug-likeness (QED) is 0.752. The third kappa shape index (κ3) is 1.58. The third-order valence-electron chi connectivity index (χ3n) is 2.81. The van der Waals surface area contributed by atoms with Crippen molar-refractivity contribution < 1.29 is 14.7 Å². The van der Waals surface area contributed by atoms with Crippen molar-refractivity contribution in [1.82, 2.24) is 0 Å². The predicted molar refractivity (Wildman–Crippen MR) is 53.7 cm³/mol. The molecule has 0 saturated carbocycles. The van der Waals surface area contributed by atoms with Gasteiger partial charge in [0.1, 0.15) is 0 Å². The molecule has 1 atom stereocenters. The molecule has 1 aliphatic rings. The number of nitrogens with two attached hydrogens (primary N) is 1. The molecule has 0 saturated heterocycles. The molecule has 1 unspecified atom stereocenters. The second-order valence-electron chi connectivity index (χ2n) is 3.71. The number of carboxylic acid groups (broad SMARTS) is 1. The Morgan fingerprint density at radius 3 is 2.73 bits per heavy atom. The summed E-state index contributed by atoms with van der Waals surface area (Å²) in [6, 6.07) is 4.84. The van der Waals surface area contributed by atoms with Gasteiger partial charge in [0.25, 0.3) is 0 Å². The van der Waals surface area contributed by atoms with Gasteiger partial charge in [-0.05, 0) is 36.1 Å². The predicted octanol–water partition coefficient (Wildman–Crippen LogP) is 0.900. The van der Waals surface area contributed by atoms with Gasteiger partial charge in [-0.1, -0.05) is 6.07 Å². The van der Waals surface area contributed by atoms with Crippen LogP contribution < -0.4 is 5.73 Å². The van der Waals surface area contributed by atoms with Crippen LogP contribution in [0.15, 0.2) is 18.2 Å². The lowest BCUT2D eigenvalue weighted by Gasteiger charge is -2.06. The fourth-order valence-corrected chi connectivity index (χ4v) is 2.05. The summed E-state index contributed by atoms with van der Waals surface area (Å²) in [6.45, 7) is 0. The largest absolute Gasteiger partial charge is 0.478 e. The first-order valence-corrected chi connectivity index (χ1v) is 4.75. The lowest BCUT2D eigenvalue weighted by atomic mass is 9.99. The Kier molecular flexibility index (Phi) is 2.19. The zero-order chi connectivity index (χ0) is 11.0. The Labute approximate surface area is 86.7 Å². The monoisotopic (exact) mass is 205 g/mol. The van der Waals surface area contributed by atoms with Gasteiger partial charge < -0.3 is 10.8 Å². The van der Waals surface area contributed by atoms with Crippen LogP contribution >= 0.6 is 0 Å². The molecule has 0 spiro atoms. The van der Waals surface area contributed by atoms with Crippen LogP contribution in [0.5, 0.6) is 0 Å². The molecule has 0 aromatic heterocycles. The standard InChI is InChI=1S/C11H11NO3/c12-10(13)9-4-1-6-5-7(11(14)15)2-3-8(6)9/h2-3,5,9H,1,4H2,(H2,12,13)(H,14,15). The molecule has 0 radical (unpaired) electrons. The fourth-order valence-electron chi connectivity index (χ4n) is 2.05. The van der Waals surface area contributed by atoms with Gasteiger partial charge in [0.05, 0.1) is 11.5 Å². The SMILES string of the molecule is NC(=O)C1CCc2cc(C(=O)O)ccc21. The van der Waals surface area contributed by atoms with Gasteiger partial charge >= 0.3 is 5.97 Å².